The molecular formula is C16H25ClN2O2. The van der Waals surface area contributed by atoms with Gasteiger partial charge in [0.05, 0.1) is 6.10 Å². The van der Waals surface area contributed by atoms with Crippen molar-refractivity contribution in [1.29, 1.82) is 0 Å². The Balaban J connectivity index is 2.27. The third-order valence-electron chi connectivity index (χ3n) is 4.26. The van der Waals surface area contributed by atoms with E-state index in [0.29, 0.717) is 10.6 Å². The molecule has 0 radical (unpaired) electrons. The number of hydrogen-bond donors (Lipinski definition) is 3. The highest BCUT2D eigenvalue weighted by molar-refractivity contribution is 6.30. The molecular weight excluding hydrogens is 288 g/mol. The van der Waals surface area contributed by atoms with Crippen LogP contribution in [0.4, 0.5) is 0 Å². The second-order valence-electron chi connectivity index (χ2n) is 6.06. The molecule has 0 aliphatic carbocycles. The van der Waals surface area contributed by atoms with Crippen LogP contribution in [0.15, 0.2) is 12.1 Å². The van der Waals surface area contributed by atoms with Crippen molar-refractivity contribution in [3.63, 3.8) is 0 Å². The third kappa shape index (κ3) is 3.69. The summed E-state index contributed by atoms with van der Waals surface area (Å²) in [6.07, 6.45) is -0.751. The average Bonchev–Trinajstić information content (AvgIpc) is 2.48. The van der Waals surface area contributed by atoms with E-state index >= 15 is 0 Å². The molecule has 118 valence electrons. The summed E-state index contributed by atoms with van der Waals surface area (Å²) in [7, 11) is 0. The van der Waals surface area contributed by atoms with E-state index in [-0.39, 0.29) is 17.7 Å². The number of halogens is 1. The molecule has 4 nitrogen and oxygen atoms in total. The summed E-state index contributed by atoms with van der Waals surface area (Å²) in [5, 5.41) is 25.0. The van der Waals surface area contributed by atoms with Crippen LogP contribution in [0.2, 0.25) is 5.02 Å². The second kappa shape index (κ2) is 6.97. The first-order valence-electron chi connectivity index (χ1n) is 7.57. The molecule has 1 saturated heterocycles. The summed E-state index contributed by atoms with van der Waals surface area (Å²) in [6, 6.07) is 3.39. The van der Waals surface area contributed by atoms with Crippen LogP contribution in [0, 0.1) is 0 Å². The number of nitrogens with zero attached hydrogens (tertiary/aromatic N) is 1. The largest absolute Gasteiger partial charge is 0.507 e. The molecule has 1 aliphatic rings. The van der Waals surface area contributed by atoms with E-state index in [1.807, 2.05) is 20.8 Å². The number of hydrogen-bond acceptors (Lipinski definition) is 4. The van der Waals surface area contributed by atoms with Crippen LogP contribution < -0.4 is 5.32 Å². The van der Waals surface area contributed by atoms with Crippen molar-refractivity contribution in [2.45, 2.75) is 38.8 Å². The van der Waals surface area contributed by atoms with Crippen molar-refractivity contribution < 1.29 is 10.2 Å². The number of aliphatic hydroxyl groups is 1. The van der Waals surface area contributed by atoms with Crippen molar-refractivity contribution in [3.8, 4) is 5.75 Å². The number of phenols is 1. The van der Waals surface area contributed by atoms with Crippen molar-refractivity contribution in [3.05, 3.63) is 28.3 Å². The monoisotopic (exact) mass is 312 g/mol. The maximum atomic E-state index is 10.7. The highest BCUT2D eigenvalue weighted by atomic mass is 35.5. The highest BCUT2D eigenvalue weighted by Crippen LogP contribution is 2.37. The highest BCUT2D eigenvalue weighted by Gasteiger charge is 2.27. The van der Waals surface area contributed by atoms with Crippen molar-refractivity contribution >= 4 is 11.6 Å². The van der Waals surface area contributed by atoms with Crippen molar-refractivity contribution in [2.24, 2.45) is 0 Å². The number of phenolic OH excluding ortho intramolecular Hbond substituents is 1. The molecule has 1 aromatic carbocycles. The lowest BCUT2D eigenvalue weighted by molar-refractivity contribution is 0.0494. The Morgan fingerprint density at radius 1 is 1.14 bits per heavy atom. The quantitative estimate of drug-likeness (QED) is 0.799. The van der Waals surface area contributed by atoms with Crippen LogP contribution in [-0.2, 0) is 0 Å². The fourth-order valence-corrected chi connectivity index (χ4v) is 3.09. The summed E-state index contributed by atoms with van der Waals surface area (Å²) in [5.41, 5.74) is 1.31. The zero-order valence-corrected chi connectivity index (χ0v) is 13.7. The summed E-state index contributed by atoms with van der Waals surface area (Å²) in [5.74, 6) is 0.327. The van der Waals surface area contributed by atoms with E-state index in [4.69, 9.17) is 11.6 Å². The van der Waals surface area contributed by atoms with Gasteiger partial charge in [0.15, 0.2) is 0 Å². The van der Waals surface area contributed by atoms with Gasteiger partial charge in [-0.2, -0.15) is 0 Å². The zero-order valence-electron chi connectivity index (χ0n) is 12.9. The van der Waals surface area contributed by atoms with Gasteiger partial charge in [-0.15, -0.1) is 0 Å². The molecule has 1 heterocycles. The average molecular weight is 313 g/mol. The Morgan fingerprint density at radius 3 is 2.29 bits per heavy atom. The predicted octanol–water partition coefficient (Wildman–Crippen LogP) is 2.50. The van der Waals surface area contributed by atoms with Gasteiger partial charge in [-0.3, -0.25) is 4.90 Å². The van der Waals surface area contributed by atoms with Crippen LogP contribution in [0.3, 0.4) is 0 Å². The molecule has 0 spiro atoms. The lowest BCUT2D eigenvalue weighted by Crippen LogP contribution is -2.49. The molecule has 1 aromatic rings. The first kappa shape index (κ1) is 16.6. The second-order valence-corrected chi connectivity index (χ2v) is 6.50. The van der Waals surface area contributed by atoms with Crippen molar-refractivity contribution in [1.82, 2.24) is 10.2 Å². The Morgan fingerprint density at radius 2 is 1.71 bits per heavy atom. The van der Waals surface area contributed by atoms with Gasteiger partial charge in [-0.1, -0.05) is 25.4 Å². The minimum absolute atomic E-state index is 0.0588. The number of piperazine rings is 1. The summed E-state index contributed by atoms with van der Waals surface area (Å²) >= 11 is 6.15. The summed E-state index contributed by atoms with van der Waals surface area (Å²) in [6.45, 7) is 9.65. The number of benzene rings is 1. The molecule has 0 aromatic heterocycles. The smallest absolute Gasteiger partial charge is 0.124 e. The predicted molar refractivity (Wildman–Crippen MR) is 86.1 cm³/mol. The van der Waals surface area contributed by atoms with Gasteiger partial charge in [0.1, 0.15) is 5.75 Å². The summed E-state index contributed by atoms with van der Waals surface area (Å²) in [4.78, 5) is 2.23. The van der Waals surface area contributed by atoms with Crippen LogP contribution in [0.25, 0.3) is 0 Å². The Hall–Kier alpha value is -0.810. The zero-order chi connectivity index (χ0) is 15.6. The molecule has 1 fully saturated rings. The molecule has 5 heteroatoms. The maximum Gasteiger partial charge on any atom is 0.124 e. The number of aromatic hydroxyl groups is 1. The fourth-order valence-electron chi connectivity index (χ4n) is 2.86. The molecule has 1 aliphatic heterocycles. The molecule has 2 rings (SSSR count). The molecule has 3 N–H and O–H groups in total. The third-order valence-corrected chi connectivity index (χ3v) is 4.48. The Bertz CT molecular complexity index is 487. The van der Waals surface area contributed by atoms with Crippen LogP contribution >= 0.6 is 11.6 Å². The van der Waals surface area contributed by atoms with Gasteiger partial charge < -0.3 is 15.5 Å². The molecule has 2 atom stereocenters. The van der Waals surface area contributed by atoms with Gasteiger partial charge in [0.2, 0.25) is 0 Å². The Labute approximate surface area is 131 Å². The van der Waals surface area contributed by atoms with Crippen molar-refractivity contribution in [2.75, 3.05) is 26.2 Å². The van der Waals surface area contributed by atoms with Crippen LogP contribution in [0.1, 0.15) is 43.9 Å². The first-order chi connectivity index (χ1) is 9.91. The minimum Gasteiger partial charge on any atom is -0.507 e. The molecule has 0 amide bonds. The lowest BCUT2D eigenvalue weighted by Gasteiger charge is -2.35. The SMILES string of the molecule is CC(C)c1cc(Cl)cc(C(O)C(C)N2CCNCC2)c1O. The van der Waals surface area contributed by atoms with Crippen LogP contribution in [-0.4, -0.2) is 47.3 Å². The minimum atomic E-state index is -0.751. The van der Waals surface area contributed by atoms with Gasteiger partial charge in [-0.25, -0.2) is 0 Å². The molecule has 0 saturated carbocycles. The topological polar surface area (TPSA) is 55.7 Å². The summed E-state index contributed by atoms with van der Waals surface area (Å²) < 4.78 is 0. The van der Waals surface area contributed by atoms with E-state index in [2.05, 4.69) is 10.2 Å². The standard InChI is InChI=1S/C16H25ClN2O2/c1-10(2)13-8-12(17)9-14(16(13)21)15(20)11(3)19-6-4-18-5-7-19/h8-11,15,18,20-21H,4-7H2,1-3H3. The fraction of sp³-hybridized carbons (Fsp3) is 0.625. The Kier molecular flexibility index (Phi) is 5.49. The van der Waals surface area contributed by atoms with E-state index in [1.54, 1.807) is 12.1 Å². The van der Waals surface area contributed by atoms with Gasteiger partial charge >= 0.3 is 0 Å². The molecule has 21 heavy (non-hydrogen) atoms. The lowest BCUT2D eigenvalue weighted by atomic mass is 9.94. The van der Waals surface area contributed by atoms with Gasteiger partial charge in [0, 0.05) is 42.8 Å². The van der Waals surface area contributed by atoms with E-state index in [1.165, 1.54) is 0 Å². The van der Waals surface area contributed by atoms with E-state index in [9.17, 15) is 10.2 Å². The first-order valence-corrected chi connectivity index (χ1v) is 7.94. The number of aliphatic hydroxyl groups excluding tert-OH is 1. The van der Waals surface area contributed by atoms with E-state index in [0.717, 1.165) is 31.7 Å². The maximum absolute atomic E-state index is 10.7. The van der Waals surface area contributed by atoms with E-state index < -0.39 is 6.10 Å². The van der Waals surface area contributed by atoms with Gasteiger partial charge in [-0.05, 0) is 30.5 Å². The van der Waals surface area contributed by atoms with Crippen LogP contribution in [0.5, 0.6) is 5.75 Å². The van der Waals surface area contributed by atoms with Gasteiger partial charge in [0.25, 0.3) is 0 Å². The normalized spacial score (nSPS) is 19.7. The molecule has 0 bridgehead atoms. The number of nitrogens with one attached hydrogen (secondary N) is 1. The molecule has 2 unspecified atom stereocenters. The number of rotatable bonds is 4.